The first-order valence-corrected chi connectivity index (χ1v) is 6.26. The third kappa shape index (κ3) is 1.55. The van der Waals surface area contributed by atoms with Gasteiger partial charge in [0.25, 0.3) is 0 Å². The van der Waals surface area contributed by atoms with Crippen molar-refractivity contribution in [1.29, 1.82) is 0 Å². The molecule has 1 aromatic rings. The summed E-state index contributed by atoms with van der Waals surface area (Å²) < 4.78 is 23.5. The van der Waals surface area contributed by atoms with Crippen LogP contribution < -0.4 is 0 Å². The van der Waals surface area contributed by atoms with Crippen LogP contribution in [-0.2, 0) is 9.84 Å². The molecule has 0 saturated heterocycles. The summed E-state index contributed by atoms with van der Waals surface area (Å²) in [5, 5.41) is 9.71. The number of aliphatic hydroxyl groups excluding tert-OH is 1. The molecule has 4 heteroatoms. The van der Waals surface area contributed by atoms with Gasteiger partial charge in [0.15, 0.2) is 9.84 Å². The molecule has 0 unspecified atom stereocenters. The predicted octanol–water partition coefficient (Wildman–Crippen LogP) is 1.29. The molecular weight excluding hydrogens is 200 g/mol. The van der Waals surface area contributed by atoms with Crippen LogP contribution in [0.3, 0.4) is 0 Å². The van der Waals surface area contributed by atoms with Gasteiger partial charge in [-0.05, 0) is 24.5 Å². The van der Waals surface area contributed by atoms with Crippen molar-refractivity contribution < 1.29 is 13.5 Å². The van der Waals surface area contributed by atoms with Crippen LogP contribution in [0, 0.1) is 0 Å². The lowest BCUT2D eigenvalue weighted by molar-refractivity contribution is 0.165. The van der Waals surface area contributed by atoms with Crippen molar-refractivity contribution in [3.63, 3.8) is 0 Å². The molecule has 76 valence electrons. The van der Waals surface area contributed by atoms with E-state index in [9.17, 15) is 13.5 Å². The summed E-state index contributed by atoms with van der Waals surface area (Å²) in [6.45, 7) is 0. The van der Waals surface area contributed by atoms with Gasteiger partial charge in [0.1, 0.15) is 0 Å². The lowest BCUT2D eigenvalue weighted by Crippen LogP contribution is -2.06. The average molecular weight is 212 g/mol. The second-order valence-corrected chi connectivity index (χ2v) is 5.59. The number of sulfone groups is 1. The monoisotopic (exact) mass is 212 g/mol. The highest BCUT2D eigenvalue weighted by Crippen LogP contribution is 2.30. The van der Waals surface area contributed by atoms with E-state index in [1.54, 1.807) is 24.3 Å². The highest BCUT2D eigenvalue weighted by Gasteiger charge is 2.25. The fraction of sp³-hybridized carbons (Fsp3) is 0.400. The van der Waals surface area contributed by atoms with Gasteiger partial charge in [0.05, 0.1) is 16.8 Å². The van der Waals surface area contributed by atoms with E-state index in [0.717, 1.165) is 0 Å². The van der Waals surface area contributed by atoms with Crippen molar-refractivity contribution in [2.45, 2.75) is 23.8 Å². The maximum atomic E-state index is 11.7. The minimum atomic E-state index is -3.17. The Bertz CT molecular complexity index is 436. The quantitative estimate of drug-likeness (QED) is 0.705. The maximum Gasteiger partial charge on any atom is 0.178 e. The summed E-state index contributed by atoms with van der Waals surface area (Å²) >= 11 is 0. The van der Waals surface area contributed by atoms with Crippen molar-refractivity contribution in [2.75, 3.05) is 5.75 Å². The van der Waals surface area contributed by atoms with Crippen molar-refractivity contribution in [3.8, 4) is 0 Å². The Balaban J connectivity index is 2.65. The first kappa shape index (κ1) is 9.68. The number of hydrogen-bond acceptors (Lipinski definition) is 3. The zero-order valence-electron chi connectivity index (χ0n) is 7.68. The van der Waals surface area contributed by atoms with Gasteiger partial charge in [-0.2, -0.15) is 0 Å². The normalized spacial score (nSPS) is 25.1. The van der Waals surface area contributed by atoms with Crippen LogP contribution in [0.2, 0.25) is 0 Å². The molecule has 1 N–H and O–H groups in total. The van der Waals surface area contributed by atoms with E-state index >= 15 is 0 Å². The van der Waals surface area contributed by atoms with Crippen molar-refractivity contribution in [2.24, 2.45) is 0 Å². The van der Waals surface area contributed by atoms with Gasteiger partial charge in [0, 0.05) is 0 Å². The Morgan fingerprint density at radius 3 is 2.79 bits per heavy atom. The topological polar surface area (TPSA) is 54.4 Å². The van der Waals surface area contributed by atoms with Crippen LogP contribution in [0.15, 0.2) is 29.2 Å². The Labute approximate surface area is 83.3 Å². The average Bonchev–Trinajstić information content (AvgIpc) is 2.27. The Hall–Kier alpha value is -0.870. The molecule has 0 saturated carbocycles. The molecule has 1 atom stereocenters. The number of rotatable bonds is 0. The van der Waals surface area contributed by atoms with E-state index in [-0.39, 0.29) is 5.75 Å². The molecule has 0 aliphatic carbocycles. The number of fused-ring (bicyclic) bond motifs is 1. The molecule has 0 spiro atoms. The zero-order chi connectivity index (χ0) is 10.2. The first-order valence-electron chi connectivity index (χ1n) is 4.61. The second-order valence-electron chi connectivity index (χ2n) is 3.51. The van der Waals surface area contributed by atoms with Crippen LogP contribution in [0.5, 0.6) is 0 Å². The Morgan fingerprint density at radius 1 is 1.29 bits per heavy atom. The van der Waals surface area contributed by atoms with Crippen molar-refractivity contribution >= 4 is 9.84 Å². The molecular formula is C10H12O3S. The van der Waals surface area contributed by atoms with E-state index in [4.69, 9.17) is 0 Å². The molecule has 0 radical (unpaired) electrons. The smallest absolute Gasteiger partial charge is 0.178 e. The van der Waals surface area contributed by atoms with Crippen LogP contribution in [-0.4, -0.2) is 19.3 Å². The molecule has 0 aromatic heterocycles. The fourth-order valence-corrected chi connectivity index (χ4v) is 3.39. The Kier molecular flexibility index (Phi) is 2.33. The van der Waals surface area contributed by atoms with Gasteiger partial charge >= 0.3 is 0 Å². The third-order valence-corrected chi connectivity index (χ3v) is 4.37. The van der Waals surface area contributed by atoms with Gasteiger partial charge in [-0.3, -0.25) is 0 Å². The molecule has 1 aliphatic heterocycles. The van der Waals surface area contributed by atoms with Crippen molar-refractivity contribution in [3.05, 3.63) is 29.8 Å². The Morgan fingerprint density at radius 2 is 2.00 bits per heavy atom. The van der Waals surface area contributed by atoms with Gasteiger partial charge < -0.3 is 5.11 Å². The van der Waals surface area contributed by atoms with E-state index in [0.29, 0.717) is 23.3 Å². The highest BCUT2D eigenvalue weighted by atomic mass is 32.2. The van der Waals surface area contributed by atoms with E-state index in [1.807, 2.05) is 0 Å². The third-order valence-electron chi connectivity index (χ3n) is 2.50. The maximum absolute atomic E-state index is 11.7. The summed E-state index contributed by atoms with van der Waals surface area (Å²) in [6, 6.07) is 6.69. The van der Waals surface area contributed by atoms with E-state index in [1.165, 1.54) is 0 Å². The van der Waals surface area contributed by atoms with Crippen LogP contribution in [0.4, 0.5) is 0 Å². The molecule has 0 fully saturated rings. The number of benzene rings is 1. The fourth-order valence-electron chi connectivity index (χ4n) is 1.77. The van der Waals surface area contributed by atoms with Crippen molar-refractivity contribution in [1.82, 2.24) is 0 Å². The molecule has 1 heterocycles. The summed E-state index contributed by atoms with van der Waals surface area (Å²) in [6.07, 6.45) is 0.414. The summed E-state index contributed by atoms with van der Waals surface area (Å²) in [7, 11) is -3.17. The van der Waals surface area contributed by atoms with Gasteiger partial charge in [-0.15, -0.1) is 0 Å². The largest absolute Gasteiger partial charge is 0.388 e. The summed E-state index contributed by atoms with van der Waals surface area (Å²) in [4.78, 5) is 0.296. The van der Waals surface area contributed by atoms with E-state index in [2.05, 4.69) is 0 Å². The molecule has 0 amide bonds. The first-order chi connectivity index (χ1) is 6.61. The lowest BCUT2D eigenvalue weighted by atomic mass is 10.1. The number of aliphatic hydroxyl groups is 1. The number of hydrogen-bond donors (Lipinski definition) is 1. The summed E-state index contributed by atoms with van der Waals surface area (Å²) in [5.41, 5.74) is 0.546. The molecule has 3 nitrogen and oxygen atoms in total. The van der Waals surface area contributed by atoms with Crippen LogP contribution in [0.25, 0.3) is 0 Å². The minimum Gasteiger partial charge on any atom is -0.388 e. The van der Waals surface area contributed by atoms with E-state index < -0.39 is 15.9 Å². The van der Waals surface area contributed by atoms with Gasteiger partial charge in [0.2, 0.25) is 0 Å². The molecule has 0 bridgehead atoms. The van der Waals surface area contributed by atoms with Crippen LogP contribution in [0.1, 0.15) is 24.5 Å². The SMILES string of the molecule is O=S1(=O)CCC[C@@H](O)c2ccccc21. The highest BCUT2D eigenvalue weighted by molar-refractivity contribution is 7.91. The zero-order valence-corrected chi connectivity index (χ0v) is 8.50. The standard InChI is InChI=1S/C10H12O3S/c11-9-5-3-7-14(12,13)10-6-2-1-4-8(9)10/h1-2,4,6,9,11H,3,5,7H2/t9-/m1/s1. The summed E-state index contributed by atoms with van der Waals surface area (Å²) in [5.74, 6) is 0.140. The second kappa shape index (κ2) is 3.37. The van der Waals surface area contributed by atoms with Crippen LogP contribution >= 0.6 is 0 Å². The predicted molar refractivity (Wildman–Crippen MR) is 52.7 cm³/mol. The molecule has 2 rings (SSSR count). The molecule has 1 aromatic carbocycles. The minimum absolute atomic E-state index is 0.140. The lowest BCUT2D eigenvalue weighted by Gasteiger charge is -2.09. The van der Waals surface area contributed by atoms with Gasteiger partial charge in [-0.25, -0.2) is 8.42 Å². The molecule has 1 aliphatic rings. The van der Waals surface area contributed by atoms with Gasteiger partial charge in [-0.1, -0.05) is 18.2 Å². The molecule has 14 heavy (non-hydrogen) atoms.